The molecule has 0 radical (unpaired) electrons. The summed E-state index contributed by atoms with van der Waals surface area (Å²) in [5.41, 5.74) is -0.221. The third kappa shape index (κ3) is 2.80. The molecule has 2 rings (SSSR count). The minimum atomic E-state index is -3.33. The summed E-state index contributed by atoms with van der Waals surface area (Å²) in [5, 5.41) is 9.41. The molecule has 3 atom stereocenters. The molecule has 0 heterocycles. The summed E-state index contributed by atoms with van der Waals surface area (Å²) >= 11 is 5.99. The van der Waals surface area contributed by atoms with E-state index in [4.69, 9.17) is 16.3 Å². The Labute approximate surface area is 130 Å². The molecule has 0 bridgehead atoms. The summed E-state index contributed by atoms with van der Waals surface area (Å²) < 4.78 is 30.0. The van der Waals surface area contributed by atoms with Gasteiger partial charge in [0.1, 0.15) is 5.41 Å². The number of benzene rings is 1. The Hall–Kier alpha value is -1.09. The van der Waals surface area contributed by atoms with Crippen LogP contribution in [0.1, 0.15) is 25.3 Å². The molecule has 3 unspecified atom stereocenters. The van der Waals surface area contributed by atoms with Crippen molar-refractivity contribution in [2.45, 2.75) is 25.0 Å². The van der Waals surface area contributed by atoms with Gasteiger partial charge in [-0.2, -0.15) is 5.26 Å². The number of rotatable bonds is 6. The number of nitriles is 1. The molecule has 1 aromatic rings. The summed E-state index contributed by atoms with van der Waals surface area (Å²) in [4.78, 5) is 0. The first-order chi connectivity index (χ1) is 9.93. The van der Waals surface area contributed by atoms with E-state index in [2.05, 4.69) is 6.07 Å². The molecule has 0 N–H and O–H groups in total. The van der Waals surface area contributed by atoms with Crippen LogP contribution in [0.5, 0.6) is 0 Å². The molecule has 4 nitrogen and oxygen atoms in total. The van der Waals surface area contributed by atoms with Crippen LogP contribution in [0.4, 0.5) is 0 Å². The summed E-state index contributed by atoms with van der Waals surface area (Å²) in [6, 6.07) is 9.25. The zero-order valence-electron chi connectivity index (χ0n) is 12.0. The van der Waals surface area contributed by atoms with Crippen LogP contribution in [0, 0.1) is 16.7 Å². The van der Waals surface area contributed by atoms with Crippen LogP contribution in [0.2, 0.25) is 5.02 Å². The molecule has 21 heavy (non-hydrogen) atoms. The molecule has 114 valence electrons. The van der Waals surface area contributed by atoms with Gasteiger partial charge in [-0.25, -0.2) is 8.42 Å². The molecule has 1 aromatic carbocycles. The van der Waals surface area contributed by atoms with Crippen LogP contribution in [0.15, 0.2) is 24.3 Å². The minimum Gasteiger partial charge on any atom is -0.380 e. The normalized spacial score (nSPS) is 28.1. The van der Waals surface area contributed by atoms with Gasteiger partial charge < -0.3 is 4.74 Å². The Morgan fingerprint density at radius 2 is 2.14 bits per heavy atom. The van der Waals surface area contributed by atoms with Gasteiger partial charge in [-0.1, -0.05) is 30.7 Å². The third-order valence-electron chi connectivity index (χ3n) is 4.01. The van der Waals surface area contributed by atoms with Gasteiger partial charge in [0.05, 0.1) is 17.9 Å². The number of halogens is 1. The highest BCUT2D eigenvalue weighted by atomic mass is 35.5. The summed E-state index contributed by atoms with van der Waals surface area (Å²) in [6.45, 7) is 4.00. The molecular formula is C15H18ClNO3S. The summed E-state index contributed by atoms with van der Waals surface area (Å²) in [5.74, 6) is -0.359. The van der Waals surface area contributed by atoms with Crippen molar-refractivity contribution in [2.75, 3.05) is 19.0 Å². The molecule has 1 saturated carbocycles. The highest BCUT2D eigenvalue weighted by Crippen LogP contribution is 2.63. The topological polar surface area (TPSA) is 67.2 Å². The fourth-order valence-electron chi connectivity index (χ4n) is 2.89. The highest BCUT2D eigenvalue weighted by molar-refractivity contribution is 7.92. The standard InChI is InChI=1S/C15H18ClNO3S/c1-3-20-10-15(9-17)13(14(15)21(18,19)4-2)11-6-5-7-12(16)8-11/h5-8,13-14H,3-4,10H2,1-2H3. The average molecular weight is 328 g/mol. The fraction of sp³-hybridized carbons (Fsp3) is 0.533. The molecule has 6 heteroatoms. The van der Waals surface area contributed by atoms with Gasteiger partial charge >= 0.3 is 0 Å². The van der Waals surface area contributed by atoms with Crippen LogP contribution in [0.25, 0.3) is 0 Å². The Kier molecular flexibility index (Phi) is 4.62. The van der Waals surface area contributed by atoms with E-state index in [0.29, 0.717) is 11.6 Å². The van der Waals surface area contributed by atoms with Crippen LogP contribution >= 0.6 is 11.6 Å². The number of hydrogen-bond acceptors (Lipinski definition) is 4. The maximum Gasteiger partial charge on any atom is 0.155 e. The maximum absolute atomic E-state index is 12.3. The molecule has 1 aliphatic carbocycles. The second-order valence-corrected chi connectivity index (χ2v) is 8.04. The monoisotopic (exact) mass is 327 g/mol. The van der Waals surface area contributed by atoms with E-state index in [9.17, 15) is 13.7 Å². The quantitative estimate of drug-likeness (QED) is 0.805. The van der Waals surface area contributed by atoms with E-state index in [-0.39, 0.29) is 18.3 Å². The van der Waals surface area contributed by atoms with Gasteiger partial charge in [-0.3, -0.25) is 0 Å². The molecular weight excluding hydrogens is 310 g/mol. The molecule has 0 spiro atoms. The molecule has 0 aliphatic heterocycles. The smallest absolute Gasteiger partial charge is 0.155 e. The lowest BCUT2D eigenvalue weighted by molar-refractivity contribution is 0.117. The lowest BCUT2D eigenvalue weighted by atomic mass is 10.0. The van der Waals surface area contributed by atoms with E-state index >= 15 is 0 Å². The van der Waals surface area contributed by atoms with Gasteiger partial charge in [0.25, 0.3) is 0 Å². The Morgan fingerprint density at radius 1 is 1.43 bits per heavy atom. The number of hydrogen-bond donors (Lipinski definition) is 0. The predicted molar refractivity (Wildman–Crippen MR) is 82.0 cm³/mol. The maximum atomic E-state index is 12.3. The lowest BCUT2D eigenvalue weighted by Crippen LogP contribution is -2.20. The predicted octanol–water partition coefficient (Wildman–Crippen LogP) is 2.79. The Bertz CT molecular complexity index is 668. The molecule has 0 amide bonds. The van der Waals surface area contributed by atoms with Gasteiger partial charge in [0.2, 0.25) is 0 Å². The van der Waals surface area contributed by atoms with Gasteiger partial charge in [-0.05, 0) is 24.6 Å². The first-order valence-electron chi connectivity index (χ1n) is 6.89. The van der Waals surface area contributed by atoms with Crippen molar-refractivity contribution in [3.63, 3.8) is 0 Å². The fourth-order valence-corrected chi connectivity index (χ4v) is 5.09. The number of sulfone groups is 1. The van der Waals surface area contributed by atoms with Crippen LogP contribution in [-0.2, 0) is 14.6 Å². The van der Waals surface area contributed by atoms with E-state index < -0.39 is 20.5 Å². The van der Waals surface area contributed by atoms with Crippen molar-refractivity contribution in [1.29, 1.82) is 5.26 Å². The Morgan fingerprint density at radius 3 is 2.67 bits per heavy atom. The minimum absolute atomic E-state index is 0.0181. The number of nitrogens with zero attached hydrogens (tertiary/aromatic N) is 1. The summed E-state index contributed by atoms with van der Waals surface area (Å²) in [6.07, 6.45) is 0. The second-order valence-electron chi connectivity index (χ2n) is 5.19. The molecule has 1 aliphatic rings. The van der Waals surface area contributed by atoms with Crippen molar-refractivity contribution in [1.82, 2.24) is 0 Å². The SMILES string of the molecule is CCOCC1(C#N)C(c2cccc(Cl)c2)C1S(=O)(=O)CC. The van der Waals surface area contributed by atoms with Crippen LogP contribution < -0.4 is 0 Å². The number of ether oxygens (including phenoxy) is 1. The third-order valence-corrected chi connectivity index (χ3v) is 6.51. The van der Waals surface area contributed by atoms with Crippen molar-refractivity contribution in [3.8, 4) is 6.07 Å². The van der Waals surface area contributed by atoms with Crippen LogP contribution in [0.3, 0.4) is 0 Å². The first-order valence-corrected chi connectivity index (χ1v) is 8.98. The molecule has 1 fully saturated rings. The van der Waals surface area contributed by atoms with Crippen molar-refractivity contribution in [2.24, 2.45) is 5.41 Å². The Balaban J connectivity index is 2.44. The van der Waals surface area contributed by atoms with Crippen molar-refractivity contribution in [3.05, 3.63) is 34.9 Å². The average Bonchev–Trinajstić information content (AvgIpc) is 3.15. The highest BCUT2D eigenvalue weighted by Gasteiger charge is 2.71. The van der Waals surface area contributed by atoms with Crippen molar-refractivity contribution < 1.29 is 13.2 Å². The van der Waals surface area contributed by atoms with E-state index in [1.54, 1.807) is 25.1 Å². The van der Waals surface area contributed by atoms with E-state index in [0.717, 1.165) is 5.56 Å². The second kappa shape index (κ2) is 5.96. The molecule has 0 aromatic heterocycles. The van der Waals surface area contributed by atoms with Gasteiger partial charge in [-0.15, -0.1) is 0 Å². The van der Waals surface area contributed by atoms with E-state index in [1.165, 1.54) is 0 Å². The first kappa shape index (κ1) is 16.3. The van der Waals surface area contributed by atoms with Gasteiger partial charge in [0, 0.05) is 23.3 Å². The molecule has 0 saturated heterocycles. The zero-order valence-corrected chi connectivity index (χ0v) is 13.6. The van der Waals surface area contributed by atoms with E-state index in [1.807, 2.05) is 13.0 Å². The van der Waals surface area contributed by atoms with Gasteiger partial charge in [0.15, 0.2) is 9.84 Å². The largest absolute Gasteiger partial charge is 0.380 e. The zero-order chi connectivity index (χ0) is 15.7. The van der Waals surface area contributed by atoms with Crippen LogP contribution in [-0.4, -0.2) is 32.6 Å². The summed E-state index contributed by atoms with van der Waals surface area (Å²) in [7, 11) is -3.33. The van der Waals surface area contributed by atoms with Crippen molar-refractivity contribution >= 4 is 21.4 Å². The lowest BCUT2D eigenvalue weighted by Gasteiger charge is -2.09.